The zero-order valence-corrected chi connectivity index (χ0v) is 11.6. The molecule has 0 saturated carbocycles. The van der Waals surface area contributed by atoms with Crippen LogP contribution in [-0.2, 0) is 4.79 Å². The number of rotatable bonds is 3. The van der Waals surface area contributed by atoms with Crippen LogP contribution in [0.1, 0.15) is 29.3 Å². The minimum absolute atomic E-state index is 0.0904. The molecule has 1 saturated heterocycles. The second-order valence-corrected chi connectivity index (χ2v) is 5.63. The summed E-state index contributed by atoms with van der Waals surface area (Å²) in [5.74, 6) is -1.38. The molecule has 1 aromatic rings. The van der Waals surface area contributed by atoms with Crippen molar-refractivity contribution in [1.82, 2.24) is 0 Å². The Labute approximate surface area is 117 Å². The first-order valence-electron chi connectivity index (χ1n) is 6.43. The summed E-state index contributed by atoms with van der Waals surface area (Å²) in [4.78, 5) is 24.7. The third kappa shape index (κ3) is 2.29. The first-order valence-corrected chi connectivity index (χ1v) is 6.43. The molecule has 0 spiro atoms. The fourth-order valence-corrected chi connectivity index (χ4v) is 2.52. The second-order valence-electron chi connectivity index (χ2n) is 5.63. The van der Waals surface area contributed by atoms with Gasteiger partial charge in [0.1, 0.15) is 0 Å². The molecule has 1 fully saturated rings. The molecule has 0 aliphatic carbocycles. The highest BCUT2D eigenvalue weighted by Gasteiger charge is 2.39. The summed E-state index contributed by atoms with van der Waals surface area (Å²) in [6.07, 6.45) is 0.661. The van der Waals surface area contributed by atoms with E-state index in [9.17, 15) is 14.7 Å². The summed E-state index contributed by atoms with van der Waals surface area (Å²) >= 11 is 0. The molecular weight excluding hydrogens is 258 g/mol. The number of anilines is 2. The Balaban J connectivity index is 2.36. The molecule has 0 aromatic heterocycles. The Kier molecular flexibility index (Phi) is 3.33. The van der Waals surface area contributed by atoms with Gasteiger partial charge in [-0.3, -0.25) is 4.79 Å². The van der Waals surface area contributed by atoms with Crippen LogP contribution in [0.5, 0.6) is 0 Å². The predicted octanol–water partition coefficient (Wildman–Crippen LogP) is 0.977. The first kappa shape index (κ1) is 14.2. The molecule has 1 atom stereocenters. The highest BCUT2D eigenvalue weighted by molar-refractivity contribution is 5.96. The van der Waals surface area contributed by atoms with Crippen molar-refractivity contribution in [3.63, 3.8) is 0 Å². The van der Waals surface area contributed by atoms with Gasteiger partial charge in [0.25, 0.3) is 0 Å². The van der Waals surface area contributed by atoms with E-state index in [2.05, 4.69) is 0 Å². The standard InChI is InChI=1S/C14H19N3O3/c1-8-5-9(6-10(11(8)15)12(18)19)17-4-3-14(2,7-17)13(16)20/h5-6H,3-4,7,15H2,1-2H3,(H2,16,20)(H,18,19). The van der Waals surface area contributed by atoms with Gasteiger partial charge in [0, 0.05) is 24.5 Å². The lowest BCUT2D eigenvalue weighted by molar-refractivity contribution is -0.125. The van der Waals surface area contributed by atoms with Gasteiger partial charge < -0.3 is 21.5 Å². The van der Waals surface area contributed by atoms with E-state index in [1.165, 1.54) is 0 Å². The van der Waals surface area contributed by atoms with Gasteiger partial charge in [-0.2, -0.15) is 0 Å². The van der Waals surface area contributed by atoms with Crippen molar-refractivity contribution < 1.29 is 14.7 Å². The van der Waals surface area contributed by atoms with Crippen molar-refractivity contribution >= 4 is 23.3 Å². The summed E-state index contributed by atoms with van der Waals surface area (Å²) in [7, 11) is 0. The summed E-state index contributed by atoms with van der Waals surface area (Å²) in [6.45, 7) is 4.76. The van der Waals surface area contributed by atoms with E-state index in [1.54, 1.807) is 13.0 Å². The zero-order valence-electron chi connectivity index (χ0n) is 11.6. The molecule has 6 nitrogen and oxygen atoms in total. The normalized spacial score (nSPS) is 22.0. The van der Waals surface area contributed by atoms with E-state index >= 15 is 0 Å². The quantitative estimate of drug-likeness (QED) is 0.713. The third-order valence-corrected chi connectivity index (χ3v) is 4.04. The number of carboxylic acids is 1. The summed E-state index contributed by atoms with van der Waals surface area (Å²) < 4.78 is 0. The molecule has 5 N–H and O–H groups in total. The van der Waals surface area contributed by atoms with E-state index in [1.807, 2.05) is 17.9 Å². The van der Waals surface area contributed by atoms with Gasteiger partial charge in [0.2, 0.25) is 5.91 Å². The number of hydrogen-bond donors (Lipinski definition) is 3. The average molecular weight is 277 g/mol. The van der Waals surface area contributed by atoms with Crippen LogP contribution in [0.3, 0.4) is 0 Å². The van der Waals surface area contributed by atoms with Crippen LogP contribution in [0.2, 0.25) is 0 Å². The summed E-state index contributed by atoms with van der Waals surface area (Å²) in [5, 5.41) is 9.18. The maximum atomic E-state index is 11.5. The molecule has 1 aliphatic rings. The number of carbonyl (C=O) groups excluding carboxylic acids is 1. The van der Waals surface area contributed by atoms with Crippen molar-refractivity contribution in [2.45, 2.75) is 20.3 Å². The summed E-state index contributed by atoms with van der Waals surface area (Å²) in [5.41, 5.74) is 12.5. The van der Waals surface area contributed by atoms with Crippen LogP contribution in [-0.4, -0.2) is 30.1 Å². The molecule has 1 heterocycles. The fraction of sp³-hybridized carbons (Fsp3) is 0.429. The molecule has 108 valence electrons. The largest absolute Gasteiger partial charge is 0.478 e. The number of nitrogens with zero attached hydrogens (tertiary/aromatic N) is 1. The topological polar surface area (TPSA) is 110 Å². The Hall–Kier alpha value is -2.24. The molecule has 6 heteroatoms. The maximum absolute atomic E-state index is 11.5. The number of aryl methyl sites for hydroxylation is 1. The van der Waals surface area contributed by atoms with Crippen LogP contribution in [0.4, 0.5) is 11.4 Å². The number of primary amides is 1. The lowest BCUT2D eigenvalue weighted by Crippen LogP contribution is -2.37. The number of aromatic carboxylic acids is 1. The molecule has 1 unspecified atom stereocenters. The second kappa shape index (κ2) is 4.70. The predicted molar refractivity (Wildman–Crippen MR) is 76.7 cm³/mol. The molecule has 0 radical (unpaired) electrons. The van der Waals surface area contributed by atoms with E-state index in [-0.39, 0.29) is 17.2 Å². The van der Waals surface area contributed by atoms with E-state index in [0.717, 1.165) is 5.69 Å². The van der Waals surface area contributed by atoms with Crippen LogP contribution < -0.4 is 16.4 Å². The molecule has 0 bridgehead atoms. The van der Waals surface area contributed by atoms with Gasteiger partial charge in [0.05, 0.1) is 11.0 Å². The van der Waals surface area contributed by atoms with E-state index in [4.69, 9.17) is 11.5 Å². The van der Waals surface area contributed by atoms with Crippen molar-refractivity contribution in [2.75, 3.05) is 23.7 Å². The van der Waals surface area contributed by atoms with E-state index < -0.39 is 11.4 Å². The van der Waals surface area contributed by atoms with Crippen LogP contribution in [0.15, 0.2) is 12.1 Å². The number of hydrogen-bond acceptors (Lipinski definition) is 4. The molecular formula is C14H19N3O3. The third-order valence-electron chi connectivity index (χ3n) is 4.04. The molecule has 1 amide bonds. The first-order chi connectivity index (χ1) is 9.24. The van der Waals surface area contributed by atoms with Crippen LogP contribution >= 0.6 is 0 Å². The minimum atomic E-state index is -1.05. The lowest BCUT2D eigenvalue weighted by atomic mass is 9.89. The average Bonchev–Trinajstić information content (AvgIpc) is 2.76. The van der Waals surface area contributed by atoms with E-state index in [0.29, 0.717) is 25.1 Å². The Bertz CT molecular complexity index is 585. The Morgan fingerprint density at radius 1 is 1.40 bits per heavy atom. The number of carbonyl (C=O) groups is 2. The van der Waals surface area contributed by atoms with Crippen LogP contribution in [0, 0.1) is 12.3 Å². The van der Waals surface area contributed by atoms with Gasteiger partial charge >= 0.3 is 5.97 Å². The molecule has 20 heavy (non-hydrogen) atoms. The van der Waals surface area contributed by atoms with Crippen molar-refractivity contribution in [3.05, 3.63) is 23.3 Å². The minimum Gasteiger partial charge on any atom is -0.478 e. The maximum Gasteiger partial charge on any atom is 0.337 e. The smallest absolute Gasteiger partial charge is 0.337 e. The van der Waals surface area contributed by atoms with Gasteiger partial charge in [-0.25, -0.2) is 4.79 Å². The lowest BCUT2D eigenvalue weighted by Gasteiger charge is -2.23. The van der Waals surface area contributed by atoms with Crippen molar-refractivity contribution in [3.8, 4) is 0 Å². The SMILES string of the molecule is Cc1cc(N2CCC(C)(C(N)=O)C2)cc(C(=O)O)c1N. The van der Waals surface area contributed by atoms with Gasteiger partial charge in [0.15, 0.2) is 0 Å². The number of nitrogens with two attached hydrogens (primary N) is 2. The summed E-state index contributed by atoms with van der Waals surface area (Å²) in [6, 6.07) is 3.39. The van der Waals surface area contributed by atoms with Gasteiger partial charge in [-0.05, 0) is 38.0 Å². The van der Waals surface area contributed by atoms with Crippen LogP contribution in [0.25, 0.3) is 0 Å². The number of benzene rings is 1. The van der Waals surface area contributed by atoms with Crippen molar-refractivity contribution in [2.24, 2.45) is 11.1 Å². The number of carboxylic acid groups (broad SMARTS) is 1. The fourth-order valence-electron chi connectivity index (χ4n) is 2.52. The highest BCUT2D eigenvalue weighted by atomic mass is 16.4. The van der Waals surface area contributed by atoms with Gasteiger partial charge in [-0.15, -0.1) is 0 Å². The molecule has 2 rings (SSSR count). The Morgan fingerprint density at radius 3 is 2.55 bits per heavy atom. The number of amides is 1. The van der Waals surface area contributed by atoms with Gasteiger partial charge in [-0.1, -0.05) is 0 Å². The molecule has 1 aliphatic heterocycles. The molecule has 1 aromatic carbocycles. The Morgan fingerprint density at radius 2 is 2.05 bits per heavy atom. The zero-order chi connectivity index (χ0) is 15.1. The highest BCUT2D eigenvalue weighted by Crippen LogP contribution is 2.35. The monoisotopic (exact) mass is 277 g/mol. The van der Waals surface area contributed by atoms with Crippen molar-refractivity contribution in [1.29, 1.82) is 0 Å². The number of nitrogen functional groups attached to an aromatic ring is 1.